The number of esters is 1. The number of ether oxygens (including phenoxy) is 1. The van der Waals surface area contributed by atoms with E-state index in [9.17, 15) is 4.79 Å². The molecule has 0 spiro atoms. The summed E-state index contributed by atoms with van der Waals surface area (Å²) >= 11 is 0. The van der Waals surface area contributed by atoms with E-state index in [1.807, 2.05) is 6.07 Å². The zero-order valence-electron chi connectivity index (χ0n) is 11.1. The third kappa shape index (κ3) is 2.44. The second-order valence-corrected chi connectivity index (χ2v) is 4.80. The van der Waals surface area contributed by atoms with Crippen LogP contribution in [0.3, 0.4) is 0 Å². The van der Waals surface area contributed by atoms with Crippen molar-refractivity contribution in [2.75, 3.05) is 12.0 Å². The largest absolute Gasteiger partial charge is 0.464 e. The Hall–Kier alpha value is -1.65. The third-order valence-corrected chi connectivity index (χ3v) is 3.50. The van der Waals surface area contributed by atoms with Crippen molar-refractivity contribution in [1.82, 2.24) is 10.2 Å². The van der Waals surface area contributed by atoms with Gasteiger partial charge < -0.3 is 9.64 Å². The molecule has 2 unspecified atom stereocenters. The Balaban J connectivity index is 2.20. The summed E-state index contributed by atoms with van der Waals surface area (Å²) in [4.78, 5) is 13.6. The fourth-order valence-electron chi connectivity index (χ4n) is 2.55. The van der Waals surface area contributed by atoms with Crippen molar-refractivity contribution in [3.63, 3.8) is 0 Å². The molecule has 1 aromatic heterocycles. The van der Waals surface area contributed by atoms with Crippen LogP contribution in [0.1, 0.15) is 43.6 Å². The van der Waals surface area contributed by atoms with E-state index >= 15 is 0 Å². The maximum absolute atomic E-state index is 11.3. The highest BCUT2D eigenvalue weighted by Gasteiger charge is 2.26. The first-order valence-corrected chi connectivity index (χ1v) is 6.34. The van der Waals surface area contributed by atoms with Crippen LogP contribution in [0.5, 0.6) is 0 Å². The Labute approximate surface area is 107 Å². The number of methoxy groups -OCH3 is 1. The Kier molecular flexibility index (Phi) is 3.79. The van der Waals surface area contributed by atoms with Crippen LogP contribution in [-0.4, -0.2) is 35.4 Å². The summed E-state index contributed by atoms with van der Waals surface area (Å²) in [7, 11) is 1.34. The van der Waals surface area contributed by atoms with Crippen molar-refractivity contribution >= 4 is 11.8 Å². The summed E-state index contributed by atoms with van der Waals surface area (Å²) in [5, 5.41) is 8.07. The van der Waals surface area contributed by atoms with Crippen LogP contribution in [0.2, 0.25) is 0 Å². The Morgan fingerprint density at radius 3 is 2.44 bits per heavy atom. The minimum absolute atomic E-state index is 0.249. The van der Waals surface area contributed by atoms with Crippen LogP contribution in [-0.2, 0) is 4.74 Å². The molecule has 1 fully saturated rings. The van der Waals surface area contributed by atoms with Gasteiger partial charge in [-0.15, -0.1) is 10.2 Å². The van der Waals surface area contributed by atoms with Crippen molar-refractivity contribution in [2.24, 2.45) is 0 Å². The number of nitrogens with zero attached hydrogens (tertiary/aromatic N) is 3. The Morgan fingerprint density at radius 2 is 1.94 bits per heavy atom. The van der Waals surface area contributed by atoms with Crippen LogP contribution < -0.4 is 4.90 Å². The van der Waals surface area contributed by atoms with Gasteiger partial charge in [0.15, 0.2) is 11.5 Å². The van der Waals surface area contributed by atoms with Gasteiger partial charge in [-0.25, -0.2) is 4.79 Å². The van der Waals surface area contributed by atoms with Gasteiger partial charge in [0.05, 0.1) is 7.11 Å². The maximum atomic E-state index is 11.3. The summed E-state index contributed by atoms with van der Waals surface area (Å²) in [6, 6.07) is 4.44. The van der Waals surface area contributed by atoms with Crippen molar-refractivity contribution in [3.05, 3.63) is 17.8 Å². The summed E-state index contributed by atoms with van der Waals surface area (Å²) in [6.45, 7) is 4.40. The first-order chi connectivity index (χ1) is 8.63. The summed E-state index contributed by atoms with van der Waals surface area (Å²) < 4.78 is 4.61. The Morgan fingerprint density at radius 1 is 1.28 bits per heavy atom. The molecule has 0 aliphatic carbocycles. The maximum Gasteiger partial charge on any atom is 0.358 e. The topological polar surface area (TPSA) is 55.3 Å². The monoisotopic (exact) mass is 249 g/mol. The molecule has 98 valence electrons. The fourth-order valence-corrected chi connectivity index (χ4v) is 2.55. The number of carbonyl (C=O) groups is 1. The van der Waals surface area contributed by atoms with Gasteiger partial charge in [-0.1, -0.05) is 0 Å². The average Bonchev–Trinajstić information content (AvgIpc) is 2.38. The molecule has 18 heavy (non-hydrogen) atoms. The van der Waals surface area contributed by atoms with E-state index in [2.05, 4.69) is 33.7 Å². The van der Waals surface area contributed by atoms with Crippen molar-refractivity contribution in [1.29, 1.82) is 0 Å². The normalized spacial score (nSPS) is 23.8. The minimum Gasteiger partial charge on any atom is -0.464 e. The van der Waals surface area contributed by atoms with Crippen LogP contribution in [0, 0.1) is 0 Å². The van der Waals surface area contributed by atoms with E-state index in [4.69, 9.17) is 0 Å². The van der Waals surface area contributed by atoms with Crippen LogP contribution >= 0.6 is 0 Å². The summed E-state index contributed by atoms with van der Waals surface area (Å²) in [6.07, 6.45) is 3.60. The number of hydrogen-bond donors (Lipinski definition) is 0. The van der Waals surface area contributed by atoms with Crippen LogP contribution in [0.25, 0.3) is 0 Å². The lowest BCUT2D eigenvalue weighted by atomic mass is 9.97. The van der Waals surface area contributed by atoms with Gasteiger partial charge in [0.2, 0.25) is 0 Å². The summed E-state index contributed by atoms with van der Waals surface area (Å²) in [5.41, 5.74) is 0.249. The number of aromatic nitrogens is 2. The molecule has 2 rings (SSSR count). The zero-order chi connectivity index (χ0) is 13.1. The van der Waals surface area contributed by atoms with Crippen molar-refractivity contribution in [3.8, 4) is 0 Å². The van der Waals surface area contributed by atoms with Crippen LogP contribution in [0.15, 0.2) is 12.1 Å². The lowest BCUT2D eigenvalue weighted by Crippen LogP contribution is -2.44. The second-order valence-electron chi connectivity index (χ2n) is 4.80. The van der Waals surface area contributed by atoms with Crippen molar-refractivity contribution in [2.45, 2.75) is 45.2 Å². The molecule has 0 bridgehead atoms. The highest BCUT2D eigenvalue weighted by atomic mass is 16.5. The highest BCUT2D eigenvalue weighted by Crippen LogP contribution is 2.27. The van der Waals surface area contributed by atoms with Gasteiger partial charge in [-0.3, -0.25) is 0 Å². The average molecular weight is 249 g/mol. The van der Waals surface area contributed by atoms with E-state index in [1.54, 1.807) is 6.07 Å². The van der Waals surface area contributed by atoms with E-state index < -0.39 is 5.97 Å². The minimum atomic E-state index is -0.450. The van der Waals surface area contributed by atoms with Gasteiger partial charge in [0.1, 0.15) is 0 Å². The third-order valence-electron chi connectivity index (χ3n) is 3.50. The molecule has 1 aliphatic rings. The molecule has 1 saturated heterocycles. The van der Waals surface area contributed by atoms with Crippen LogP contribution in [0.4, 0.5) is 5.82 Å². The molecule has 0 saturated carbocycles. The lowest BCUT2D eigenvalue weighted by molar-refractivity contribution is 0.0592. The molecule has 0 N–H and O–H groups in total. The molecule has 0 amide bonds. The molecular weight excluding hydrogens is 230 g/mol. The molecule has 2 heterocycles. The smallest absolute Gasteiger partial charge is 0.358 e. The molecular formula is C13H19N3O2. The summed E-state index contributed by atoms with van der Waals surface area (Å²) in [5.74, 6) is 0.385. The second kappa shape index (κ2) is 5.33. The van der Waals surface area contributed by atoms with Gasteiger partial charge in [-0.05, 0) is 45.2 Å². The Bertz CT molecular complexity index is 409. The van der Waals surface area contributed by atoms with E-state index in [0.29, 0.717) is 12.1 Å². The molecule has 1 aliphatic heterocycles. The quantitative estimate of drug-likeness (QED) is 0.751. The fraction of sp³-hybridized carbons (Fsp3) is 0.615. The number of piperidine rings is 1. The molecule has 5 nitrogen and oxygen atoms in total. The highest BCUT2D eigenvalue weighted by molar-refractivity contribution is 5.86. The number of carbonyl (C=O) groups excluding carboxylic acids is 1. The molecule has 0 radical (unpaired) electrons. The molecule has 5 heteroatoms. The lowest BCUT2D eigenvalue weighted by Gasteiger charge is -2.39. The standard InChI is InChI=1S/C13H19N3O2/c1-9-5-4-6-10(2)16(9)12-8-7-11(14-15-12)13(17)18-3/h7-10H,4-6H2,1-3H3. The zero-order valence-corrected chi connectivity index (χ0v) is 11.1. The molecule has 0 aromatic carbocycles. The molecule has 2 atom stereocenters. The predicted octanol–water partition coefficient (Wildman–Crippen LogP) is 2.03. The first-order valence-electron chi connectivity index (χ1n) is 6.34. The first kappa shape index (κ1) is 12.8. The number of rotatable bonds is 2. The van der Waals surface area contributed by atoms with Gasteiger partial charge in [-0.2, -0.15) is 0 Å². The van der Waals surface area contributed by atoms with E-state index in [-0.39, 0.29) is 5.69 Å². The van der Waals surface area contributed by atoms with Gasteiger partial charge >= 0.3 is 5.97 Å². The molecule has 1 aromatic rings. The van der Waals surface area contributed by atoms with Gasteiger partial charge in [0.25, 0.3) is 0 Å². The number of hydrogen-bond acceptors (Lipinski definition) is 5. The SMILES string of the molecule is COC(=O)c1ccc(N2C(C)CCCC2C)nn1. The number of anilines is 1. The predicted molar refractivity (Wildman–Crippen MR) is 68.6 cm³/mol. The van der Waals surface area contributed by atoms with Gasteiger partial charge in [0, 0.05) is 12.1 Å². The van der Waals surface area contributed by atoms with E-state index in [1.165, 1.54) is 26.4 Å². The van der Waals surface area contributed by atoms with Crippen molar-refractivity contribution < 1.29 is 9.53 Å². The van der Waals surface area contributed by atoms with E-state index in [0.717, 1.165) is 5.82 Å².